The Balaban J connectivity index is 1.73. The van der Waals surface area contributed by atoms with Crippen molar-refractivity contribution in [2.45, 2.75) is 40.3 Å². The molecule has 1 aliphatic rings. The Morgan fingerprint density at radius 1 is 1.00 bits per heavy atom. The first-order valence-electron chi connectivity index (χ1n) is 8.95. The van der Waals surface area contributed by atoms with Crippen molar-refractivity contribution in [3.63, 3.8) is 0 Å². The van der Waals surface area contributed by atoms with Crippen LogP contribution in [0.15, 0.2) is 41.2 Å². The summed E-state index contributed by atoms with van der Waals surface area (Å²) < 4.78 is 0. The maximum absolute atomic E-state index is 13.2. The summed E-state index contributed by atoms with van der Waals surface area (Å²) in [6.45, 7) is 8.72. The van der Waals surface area contributed by atoms with E-state index in [1.54, 1.807) is 0 Å². The van der Waals surface area contributed by atoms with Crippen molar-refractivity contribution in [1.82, 2.24) is 9.88 Å². The summed E-state index contributed by atoms with van der Waals surface area (Å²) in [5.41, 5.74) is 8.06. The van der Waals surface area contributed by atoms with Crippen LogP contribution in [0, 0.1) is 20.8 Å². The van der Waals surface area contributed by atoms with Gasteiger partial charge in [-0.3, -0.25) is 9.69 Å². The Hall–Kier alpha value is -2.39. The van der Waals surface area contributed by atoms with Gasteiger partial charge in [0.15, 0.2) is 5.43 Å². The number of nitrogens with one attached hydrogen (secondary N) is 1. The molecule has 3 nitrogen and oxygen atoms in total. The minimum atomic E-state index is 0.186. The van der Waals surface area contributed by atoms with Crippen LogP contribution in [0.3, 0.4) is 0 Å². The summed E-state index contributed by atoms with van der Waals surface area (Å²) in [6.07, 6.45) is 1.05. The average molecular weight is 332 g/mol. The van der Waals surface area contributed by atoms with Crippen LogP contribution in [0.1, 0.15) is 33.5 Å². The number of aromatic amines is 1. The number of nitrogens with zero attached hydrogens (tertiary/aromatic N) is 1. The van der Waals surface area contributed by atoms with Crippen molar-refractivity contribution in [3.8, 4) is 0 Å². The van der Waals surface area contributed by atoms with Crippen LogP contribution in [0.5, 0.6) is 0 Å². The van der Waals surface area contributed by atoms with Crippen LogP contribution in [-0.4, -0.2) is 16.4 Å². The molecular formula is C22H24N2O. The highest BCUT2D eigenvalue weighted by atomic mass is 16.1. The molecule has 0 spiro atoms. The van der Waals surface area contributed by atoms with Gasteiger partial charge in [-0.25, -0.2) is 0 Å². The molecule has 3 aromatic rings. The molecule has 1 aromatic heterocycles. The smallest absolute Gasteiger partial charge is 0.194 e. The highest BCUT2D eigenvalue weighted by Gasteiger charge is 2.19. The quantitative estimate of drug-likeness (QED) is 0.770. The average Bonchev–Trinajstić information content (AvgIpc) is 2.61. The van der Waals surface area contributed by atoms with Gasteiger partial charge in [0.05, 0.1) is 5.52 Å². The monoisotopic (exact) mass is 332 g/mol. The third kappa shape index (κ3) is 2.79. The maximum Gasteiger partial charge on any atom is 0.194 e. The minimum Gasteiger partial charge on any atom is -0.358 e. The van der Waals surface area contributed by atoms with Gasteiger partial charge in [-0.05, 0) is 49.4 Å². The fourth-order valence-corrected chi connectivity index (χ4v) is 3.95. The van der Waals surface area contributed by atoms with E-state index in [1.165, 1.54) is 11.1 Å². The van der Waals surface area contributed by atoms with E-state index in [0.717, 1.165) is 52.8 Å². The zero-order valence-electron chi connectivity index (χ0n) is 15.1. The first kappa shape index (κ1) is 16.1. The van der Waals surface area contributed by atoms with E-state index in [2.05, 4.69) is 47.1 Å². The van der Waals surface area contributed by atoms with Crippen LogP contribution in [0.25, 0.3) is 10.9 Å². The number of fused-ring (bicyclic) bond motifs is 2. The molecule has 0 bridgehead atoms. The van der Waals surface area contributed by atoms with E-state index < -0.39 is 0 Å². The predicted octanol–water partition coefficient (Wildman–Crippen LogP) is 4.01. The zero-order valence-corrected chi connectivity index (χ0v) is 15.1. The van der Waals surface area contributed by atoms with E-state index in [-0.39, 0.29) is 5.43 Å². The second kappa shape index (κ2) is 6.16. The summed E-state index contributed by atoms with van der Waals surface area (Å²) in [5, 5.41) is 0.845. The molecule has 4 rings (SSSR count). The van der Waals surface area contributed by atoms with Crippen molar-refractivity contribution in [1.29, 1.82) is 0 Å². The highest BCUT2D eigenvalue weighted by Crippen LogP contribution is 2.23. The molecule has 0 saturated heterocycles. The Kier molecular flexibility index (Phi) is 3.97. The van der Waals surface area contributed by atoms with Crippen molar-refractivity contribution in [2.75, 3.05) is 6.54 Å². The maximum atomic E-state index is 13.2. The van der Waals surface area contributed by atoms with E-state index >= 15 is 0 Å². The lowest BCUT2D eigenvalue weighted by Gasteiger charge is -2.29. The van der Waals surface area contributed by atoms with Crippen molar-refractivity contribution >= 4 is 10.9 Å². The van der Waals surface area contributed by atoms with Gasteiger partial charge in [0.25, 0.3) is 0 Å². The van der Waals surface area contributed by atoms with Gasteiger partial charge < -0.3 is 4.98 Å². The predicted molar refractivity (Wildman–Crippen MR) is 103 cm³/mol. The number of pyridine rings is 1. The molecule has 0 fully saturated rings. The first-order chi connectivity index (χ1) is 12.0. The second-order valence-electron chi connectivity index (χ2n) is 7.24. The van der Waals surface area contributed by atoms with Crippen LogP contribution >= 0.6 is 0 Å². The molecule has 2 aromatic carbocycles. The van der Waals surface area contributed by atoms with Crippen molar-refractivity contribution in [3.05, 3.63) is 80.1 Å². The zero-order chi connectivity index (χ0) is 17.6. The molecule has 3 heteroatoms. The standard InChI is InChI=1S/C22H24N2O/c1-14-8-9-15(2)21-20(14)22(25)19(16(3)23-21)13-24-11-10-17-6-4-5-7-18(17)12-24/h4-9H,10-13H2,1-3H3,(H,23,25). The molecule has 25 heavy (non-hydrogen) atoms. The van der Waals surface area contributed by atoms with Crippen LogP contribution in [-0.2, 0) is 19.5 Å². The molecule has 1 aliphatic heterocycles. The molecule has 0 saturated carbocycles. The first-order valence-corrected chi connectivity index (χ1v) is 8.95. The molecule has 0 radical (unpaired) electrons. The molecule has 0 amide bonds. The van der Waals surface area contributed by atoms with Crippen LogP contribution in [0.2, 0.25) is 0 Å². The lowest BCUT2D eigenvalue weighted by atomic mass is 9.98. The normalized spacial score (nSPS) is 14.7. The van der Waals surface area contributed by atoms with Crippen molar-refractivity contribution in [2.24, 2.45) is 0 Å². The lowest BCUT2D eigenvalue weighted by Crippen LogP contribution is -2.32. The van der Waals surface area contributed by atoms with E-state index in [4.69, 9.17) is 0 Å². The number of benzene rings is 2. The molecule has 0 aliphatic carbocycles. The fourth-order valence-electron chi connectivity index (χ4n) is 3.95. The molecular weight excluding hydrogens is 308 g/mol. The topological polar surface area (TPSA) is 36.1 Å². The molecule has 0 atom stereocenters. The summed E-state index contributed by atoms with van der Waals surface area (Å²) in [7, 11) is 0. The molecule has 128 valence electrons. The van der Waals surface area contributed by atoms with Gasteiger partial charge in [-0.1, -0.05) is 36.4 Å². The Morgan fingerprint density at radius 2 is 1.72 bits per heavy atom. The van der Waals surface area contributed by atoms with Crippen LogP contribution in [0.4, 0.5) is 0 Å². The Morgan fingerprint density at radius 3 is 2.52 bits per heavy atom. The van der Waals surface area contributed by atoms with Gasteiger partial charge in [0.2, 0.25) is 0 Å². The van der Waals surface area contributed by atoms with E-state index in [1.807, 2.05) is 19.9 Å². The molecule has 1 N–H and O–H groups in total. The van der Waals surface area contributed by atoms with Crippen LogP contribution < -0.4 is 5.43 Å². The van der Waals surface area contributed by atoms with Gasteiger partial charge in [0.1, 0.15) is 0 Å². The third-order valence-electron chi connectivity index (χ3n) is 5.48. The van der Waals surface area contributed by atoms with Gasteiger partial charge in [-0.15, -0.1) is 0 Å². The fraction of sp³-hybridized carbons (Fsp3) is 0.318. The number of hydrogen-bond donors (Lipinski definition) is 1. The minimum absolute atomic E-state index is 0.186. The lowest BCUT2D eigenvalue weighted by molar-refractivity contribution is 0.244. The number of hydrogen-bond acceptors (Lipinski definition) is 2. The number of aryl methyl sites for hydroxylation is 3. The SMILES string of the molecule is Cc1[nH]c2c(C)ccc(C)c2c(=O)c1CN1CCc2ccccc2C1. The van der Waals surface area contributed by atoms with Gasteiger partial charge in [0, 0.05) is 36.3 Å². The summed E-state index contributed by atoms with van der Waals surface area (Å²) in [4.78, 5) is 19.1. The summed E-state index contributed by atoms with van der Waals surface area (Å²) >= 11 is 0. The Bertz CT molecular complexity index is 1020. The molecule has 2 heterocycles. The highest BCUT2D eigenvalue weighted by molar-refractivity contribution is 5.85. The second-order valence-corrected chi connectivity index (χ2v) is 7.24. The van der Waals surface area contributed by atoms with E-state index in [0.29, 0.717) is 6.54 Å². The number of H-pyrrole nitrogens is 1. The number of aromatic nitrogens is 1. The summed E-state index contributed by atoms with van der Waals surface area (Å²) in [6, 6.07) is 12.7. The summed E-state index contributed by atoms with van der Waals surface area (Å²) in [5.74, 6) is 0. The van der Waals surface area contributed by atoms with Gasteiger partial charge >= 0.3 is 0 Å². The van der Waals surface area contributed by atoms with E-state index in [9.17, 15) is 4.79 Å². The molecule has 0 unspecified atom stereocenters. The number of rotatable bonds is 2. The van der Waals surface area contributed by atoms with Crippen molar-refractivity contribution < 1.29 is 0 Å². The Labute approximate surface area is 148 Å². The largest absolute Gasteiger partial charge is 0.358 e. The third-order valence-corrected chi connectivity index (χ3v) is 5.48. The van der Waals surface area contributed by atoms with Gasteiger partial charge in [-0.2, -0.15) is 0 Å².